The zero-order chi connectivity index (χ0) is 15.8. The van der Waals surface area contributed by atoms with Crippen LogP contribution in [0.15, 0.2) is 0 Å². The first-order valence-corrected chi connectivity index (χ1v) is 7.12. The van der Waals surface area contributed by atoms with Gasteiger partial charge in [0.25, 0.3) is 0 Å². The van der Waals surface area contributed by atoms with Crippen LogP contribution in [0, 0.1) is 11.3 Å². The number of carbonyl (C=O) groups excluding carboxylic acids is 1. The van der Waals surface area contributed by atoms with Gasteiger partial charge in [0.05, 0.1) is 18.7 Å². The lowest BCUT2D eigenvalue weighted by Crippen LogP contribution is -2.29. The molecule has 1 unspecified atom stereocenters. The molecule has 0 aliphatic carbocycles. The SMILES string of the molecule is COC(=O)C1CCc2c(C(=O)O)nc(CC(C)(C)C)n2C1. The van der Waals surface area contributed by atoms with Crippen molar-refractivity contribution >= 4 is 11.9 Å². The summed E-state index contributed by atoms with van der Waals surface area (Å²) in [6.45, 7) is 6.69. The quantitative estimate of drug-likeness (QED) is 0.861. The van der Waals surface area contributed by atoms with Crippen LogP contribution in [0.25, 0.3) is 0 Å². The van der Waals surface area contributed by atoms with Gasteiger partial charge in [-0.1, -0.05) is 20.8 Å². The summed E-state index contributed by atoms with van der Waals surface area (Å²) in [5.41, 5.74) is 0.843. The molecule has 1 aromatic rings. The minimum Gasteiger partial charge on any atom is -0.476 e. The van der Waals surface area contributed by atoms with Crippen molar-refractivity contribution in [3.8, 4) is 0 Å². The lowest BCUT2D eigenvalue weighted by molar-refractivity contribution is -0.146. The predicted octanol–water partition coefficient (Wildman–Crippen LogP) is 1.91. The van der Waals surface area contributed by atoms with Crippen LogP contribution in [0.5, 0.6) is 0 Å². The molecule has 0 saturated carbocycles. The zero-order valence-electron chi connectivity index (χ0n) is 13.0. The van der Waals surface area contributed by atoms with Crippen LogP contribution >= 0.6 is 0 Å². The predicted molar refractivity (Wildman–Crippen MR) is 76.2 cm³/mol. The number of hydrogen-bond acceptors (Lipinski definition) is 4. The summed E-state index contributed by atoms with van der Waals surface area (Å²) < 4.78 is 6.71. The van der Waals surface area contributed by atoms with Crippen molar-refractivity contribution < 1.29 is 19.4 Å². The van der Waals surface area contributed by atoms with Crippen LogP contribution in [0.1, 0.15) is 49.2 Å². The first-order chi connectivity index (χ1) is 9.73. The monoisotopic (exact) mass is 294 g/mol. The molecule has 0 bridgehead atoms. The number of hydrogen-bond donors (Lipinski definition) is 1. The third kappa shape index (κ3) is 3.25. The van der Waals surface area contributed by atoms with Crippen molar-refractivity contribution in [1.82, 2.24) is 9.55 Å². The second-order valence-corrected chi connectivity index (χ2v) is 6.74. The van der Waals surface area contributed by atoms with Crippen molar-refractivity contribution in [2.24, 2.45) is 11.3 Å². The van der Waals surface area contributed by atoms with Crippen molar-refractivity contribution in [2.45, 2.75) is 46.6 Å². The second kappa shape index (κ2) is 5.50. The van der Waals surface area contributed by atoms with E-state index in [1.54, 1.807) is 0 Å². The fourth-order valence-electron chi connectivity index (χ4n) is 2.77. The van der Waals surface area contributed by atoms with Crippen molar-refractivity contribution in [3.63, 3.8) is 0 Å². The second-order valence-electron chi connectivity index (χ2n) is 6.74. The molecule has 2 heterocycles. The molecular formula is C15H22N2O4. The van der Waals surface area contributed by atoms with Gasteiger partial charge in [0.2, 0.25) is 0 Å². The Hall–Kier alpha value is -1.85. The highest BCUT2D eigenvalue weighted by atomic mass is 16.5. The fraction of sp³-hybridized carbons (Fsp3) is 0.667. The molecule has 0 aromatic carbocycles. The average molecular weight is 294 g/mol. The summed E-state index contributed by atoms with van der Waals surface area (Å²) in [4.78, 5) is 27.4. The molecule has 1 aromatic heterocycles. The topological polar surface area (TPSA) is 81.4 Å². The molecule has 6 nitrogen and oxygen atoms in total. The lowest BCUT2D eigenvalue weighted by atomic mass is 9.91. The van der Waals surface area contributed by atoms with E-state index in [0.717, 1.165) is 11.5 Å². The highest BCUT2D eigenvalue weighted by molar-refractivity contribution is 5.87. The number of imidazole rings is 1. The largest absolute Gasteiger partial charge is 0.476 e. The van der Waals surface area contributed by atoms with Gasteiger partial charge in [0.1, 0.15) is 5.82 Å². The molecule has 6 heteroatoms. The molecule has 0 spiro atoms. The number of aromatic carboxylic acids is 1. The van der Waals surface area contributed by atoms with Gasteiger partial charge in [0.15, 0.2) is 5.69 Å². The first kappa shape index (κ1) is 15.5. The lowest BCUT2D eigenvalue weighted by Gasteiger charge is -2.25. The Morgan fingerprint density at radius 1 is 1.43 bits per heavy atom. The third-order valence-corrected chi connectivity index (χ3v) is 3.71. The maximum absolute atomic E-state index is 11.7. The van der Waals surface area contributed by atoms with Gasteiger partial charge < -0.3 is 14.4 Å². The minimum atomic E-state index is -1.00. The maximum Gasteiger partial charge on any atom is 0.356 e. The van der Waals surface area contributed by atoms with Gasteiger partial charge in [0, 0.05) is 13.0 Å². The molecule has 0 amide bonds. The summed E-state index contributed by atoms with van der Waals surface area (Å²) >= 11 is 0. The minimum absolute atomic E-state index is 0.00386. The Labute approximate surface area is 124 Å². The molecule has 2 rings (SSSR count). The summed E-state index contributed by atoms with van der Waals surface area (Å²) in [6.07, 6.45) is 1.81. The van der Waals surface area contributed by atoms with Crippen LogP contribution in [-0.4, -0.2) is 33.7 Å². The number of esters is 1. The van der Waals surface area contributed by atoms with E-state index >= 15 is 0 Å². The number of fused-ring (bicyclic) bond motifs is 1. The highest BCUT2D eigenvalue weighted by Crippen LogP contribution is 2.29. The number of ether oxygens (including phenoxy) is 1. The number of carbonyl (C=O) groups is 2. The first-order valence-electron chi connectivity index (χ1n) is 7.12. The van der Waals surface area contributed by atoms with Gasteiger partial charge in [-0.05, 0) is 18.3 Å². The number of nitrogens with zero attached hydrogens (tertiary/aromatic N) is 2. The Bertz CT molecular complexity index is 569. The molecule has 1 aliphatic rings. The zero-order valence-corrected chi connectivity index (χ0v) is 13.0. The summed E-state index contributed by atoms with van der Waals surface area (Å²) in [5.74, 6) is -0.732. The third-order valence-electron chi connectivity index (χ3n) is 3.71. The molecular weight excluding hydrogens is 272 g/mol. The van der Waals surface area contributed by atoms with Gasteiger partial charge in [-0.25, -0.2) is 9.78 Å². The molecule has 1 N–H and O–H groups in total. The van der Waals surface area contributed by atoms with Crippen LogP contribution < -0.4 is 0 Å². The van der Waals surface area contributed by atoms with E-state index in [9.17, 15) is 14.7 Å². The Morgan fingerprint density at radius 2 is 2.10 bits per heavy atom. The Morgan fingerprint density at radius 3 is 2.62 bits per heavy atom. The van der Waals surface area contributed by atoms with Gasteiger partial charge >= 0.3 is 11.9 Å². The van der Waals surface area contributed by atoms with Crippen LogP contribution in [0.4, 0.5) is 0 Å². The van der Waals surface area contributed by atoms with Crippen molar-refractivity contribution in [3.05, 3.63) is 17.2 Å². The molecule has 0 fully saturated rings. The van der Waals surface area contributed by atoms with E-state index < -0.39 is 5.97 Å². The van der Waals surface area contributed by atoms with Crippen molar-refractivity contribution in [1.29, 1.82) is 0 Å². The van der Waals surface area contributed by atoms with Crippen LogP contribution in [0.3, 0.4) is 0 Å². The smallest absolute Gasteiger partial charge is 0.356 e. The summed E-state index contributed by atoms with van der Waals surface area (Å²) in [6, 6.07) is 0. The van der Waals surface area contributed by atoms with E-state index in [1.165, 1.54) is 7.11 Å². The molecule has 0 saturated heterocycles. The standard InChI is InChI=1S/C15H22N2O4/c1-15(2,3)7-11-16-12(13(18)19)10-6-5-9(8-17(10)11)14(20)21-4/h9H,5-8H2,1-4H3,(H,18,19). The van der Waals surface area contributed by atoms with E-state index in [-0.39, 0.29) is 23.0 Å². The molecule has 0 radical (unpaired) electrons. The fourth-order valence-corrected chi connectivity index (χ4v) is 2.77. The molecule has 1 aliphatic heterocycles. The van der Waals surface area contributed by atoms with E-state index in [0.29, 0.717) is 25.8 Å². The van der Waals surface area contributed by atoms with E-state index in [4.69, 9.17) is 4.74 Å². The van der Waals surface area contributed by atoms with Gasteiger partial charge in [-0.15, -0.1) is 0 Å². The molecule has 116 valence electrons. The van der Waals surface area contributed by atoms with Crippen molar-refractivity contribution in [2.75, 3.05) is 7.11 Å². The van der Waals surface area contributed by atoms with Gasteiger partial charge in [-0.3, -0.25) is 4.79 Å². The van der Waals surface area contributed by atoms with E-state index in [1.807, 2.05) is 4.57 Å². The normalized spacial score (nSPS) is 18.2. The Balaban J connectivity index is 2.40. The molecule has 21 heavy (non-hydrogen) atoms. The number of carboxylic acid groups (broad SMARTS) is 1. The Kier molecular flexibility index (Phi) is 4.07. The number of rotatable bonds is 3. The summed E-state index contributed by atoms with van der Waals surface area (Å²) in [7, 11) is 1.38. The maximum atomic E-state index is 11.7. The summed E-state index contributed by atoms with van der Waals surface area (Å²) in [5, 5.41) is 9.31. The van der Waals surface area contributed by atoms with Crippen LogP contribution in [0.2, 0.25) is 0 Å². The van der Waals surface area contributed by atoms with Gasteiger partial charge in [-0.2, -0.15) is 0 Å². The average Bonchev–Trinajstić information content (AvgIpc) is 2.74. The van der Waals surface area contributed by atoms with Crippen LogP contribution in [-0.2, 0) is 28.9 Å². The number of aromatic nitrogens is 2. The number of methoxy groups -OCH3 is 1. The number of carboxylic acids is 1. The van der Waals surface area contributed by atoms with E-state index in [2.05, 4.69) is 25.8 Å². The highest BCUT2D eigenvalue weighted by Gasteiger charge is 2.32. The molecule has 1 atom stereocenters.